The summed E-state index contributed by atoms with van der Waals surface area (Å²) in [6.07, 6.45) is 0.701. The third-order valence-electron chi connectivity index (χ3n) is 2.11. The molecule has 1 aromatic carbocycles. The molecular weight excluding hydrogens is 249 g/mol. The van der Waals surface area contributed by atoms with Gasteiger partial charge in [0.25, 0.3) is 0 Å². The maximum Gasteiger partial charge on any atom is 0.178 e. The van der Waals surface area contributed by atoms with Gasteiger partial charge in [-0.25, -0.2) is 9.37 Å². The summed E-state index contributed by atoms with van der Waals surface area (Å²) in [7, 11) is 0. The molecule has 16 heavy (non-hydrogen) atoms. The summed E-state index contributed by atoms with van der Waals surface area (Å²) < 4.78 is 13.0. The van der Waals surface area contributed by atoms with Gasteiger partial charge in [-0.05, 0) is 25.1 Å². The minimum absolute atomic E-state index is 0.0533. The fraction of sp³-hybridized carbons (Fsp3) is 0.0909. The zero-order chi connectivity index (χ0) is 11.7. The van der Waals surface area contributed by atoms with Crippen molar-refractivity contribution in [1.82, 2.24) is 4.98 Å². The molecule has 0 saturated heterocycles. The highest BCUT2D eigenvalue weighted by Gasteiger charge is 2.10. The summed E-state index contributed by atoms with van der Waals surface area (Å²) in [6, 6.07) is 4.39. The van der Waals surface area contributed by atoms with Crippen LogP contribution in [0.4, 0.5) is 4.39 Å². The van der Waals surface area contributed by atoms with E-state index in [1.807, 2.05) is 6.92 Å². The van der Waals surface area contributed by atoms with Crippen LogP contribution < -0.4 is 0 Å². The second-order valence-electron chi connectivity index (χ2n) is 3.20. The van der Waals surface area contributed by atoms with E-state index in [9.17, 15) is 9.18 Å². The van der Waals surface area contributed by atoms with E-state index in [2.05, 4.69) is 4.98 Å². The Morgan fingerprint density at radius 2 is 2.25 bits per heavy atom. The maximum atomic E-state index is 13.0. The quantitative estimate of drug-likeness (QED) is 0.766. The Labute approximate surface area is 101 Å². The van der Waals surface area contributed by atoms with Crippen LogP contribution in [0, 0.1) is 12.7 Å². The van der Waals surface area contributed by atoms with E-state index in [4.69, 9.17) is 11.6 Å². The molecule has 2 rings (SSSR count). The lowest BCUT2D eigenvalue weighted by Gasteiger charge is -2.00. The Bertz CT molecular complexity index is 553. The van der Waals surface area contributed by atoms with E-state index in [0.29, 0.717) is 22.6 Å². The van der Waals surface area contributed by atoms with E-state index < -0.39 is 5.82 Å². The lowest BCUT2D eigenvalue weighted by atomic mass is 10.1. The summed E-state index contributed by atoms with van der Waals surface area (Å²) in [5.74, 6) is -0.464. The first-order valence-electron chi connectivity index (χ1n) is 4.50. The SMILES string of the molecule is Cc1sc(C=O)nc1-c1ccc(F)c(Cl)c1. The first kappa shape index (κ1) is 11.2. The van der Waals surface area contributed by atoms with Gasteiger partial charge in [0.05, 0.1) is 10.7 Å². The smallest absolute Gasteiger partial charge is 0.178 e. The standard InChI is InChI=1S/C11H7ClFNOS/c1-6-11(14-10(5-15)16-6)7-2-3-9(13)8(12)4-7/h2-5H,1H3. The van der Waals surface area contributed by atoms with Gasteiger partial charge in [0.15, 0.2) is 11.3 Å². The molecule has 5 heteroatoms. The molecular formula is C11H7ClFNOS. The van der Waals surface area contributed by atoms with Gasteiger partial charge in [-0.3, -0.25) is 4.79 Å². The van der Waals surface area contributed by atoms with Crippen molar-refractivity contribution in [3.05, 3.63) is 38.9 Å². The van der Waals surface area contributed by atoms with Crippen LogP contribution in [0.3, 0.4) is 0 Å². The molecule has 82 valence electrons. The molecule has 0 aliphatic heterocycles. The molecule has 0 aliphatic rings. The number of hydrogen-bond acceptors (Lipinski definition) is 3. The number of aromatic nitrogens is 1. The zero-order valence-electron chi connectivity index (χ0n) is 8.33. The predicted molar refractivity (Wildman–Crippen MR) is 62.6 cm³/mol. The highest BCUT2D eigenvalue weighted by atomic mass is 35.5. The van der Waals surface area contributed by atoms with Crippen LogP contribution in [-0.4, -0.2) is 11.3 Å². The third kappa shape index (κ3) is 1.99. The van der Waals surface area contributed by atoms with Crippen LogP contribution in [0.2, 0.25) is 5.02 Å². The van der Waals surface area contributed by atoms with Gasteiger partial charge in [-0.15, -0.1) is 11.3 Å². The van der Waals surface area contributed by atoms with Gasteiger partial charge in [0.2, 0.25) is 0 Å². The van der Waals surface area contributed by atoms with Crippen molar-refractivity contribution < 1.29 is 9.18 Å². The molecule has 1 heterocycles. The van der Waals surface area contributed by atoms with Crippen molar-refractivity contribution in [1.29, 1.82) is 0 Å². The van der Waals surface area contributed by atoms with Crippen molar-refractivity contribution in [2.45, 2.75) is 6.92 Å². The third-order valence-corrected chi connectivity index (χ3v) is 3.29. The van der Waals surface area contributed by atoms with Gasteiger partial charge >= 0.3 is 0 Å². The molecule has 0 bridgehead atoms. The molecule has 0 atom stereocenters. The number of rotatable bonds is 2. The number of thiazole rings is 1. The topological polar surface area (TPSA) is 30.0 Å². The van der Waals surface area contributed by atoms with Gasteiger partial charge in [-0.2, -0.15) is 0 Å². The van der Waals surface area contributed by atoms with Gasteiger partial charge in [0.1, 0.15) is 5.82 Å². The number of halogens is 2. The number of benzene rings is 1. The minimum atomic E-state index is -0.464. The van der Waals surface area contributed by atoms with Crippen molar-refractivity contribution in [2.75, 3.05) is 0 Å². The van der Waals surface area contributed by atoms with Gasteiger partial charge in [-0.1, -0.05) is 11.6 Å². The molecule has 0 fully saturated rings. The van der Waals surface area contributed by atoms with E-state index >= 15 is 0 Å². The highest BCUT2D eigenvalue weighted by molar-refractivity contribution is 7.13. The fourth-order valence-corrected chi connectivity index (χ4v) is 2.32. The van der Waals surface area contributed by atoms with E-state index in [1.54, 1.807) is 6.07 Å². The predicted octanol–water partition coefficient (Wildman–Crippen LogP) is 3.72. The zero-order valence-corrected chi connectivity index (χ0v) is 9.90. The lowest BCUT2D eigenvalue weighted by molar-refractivity contribution is 0.112. The Kier molecular flexibility index (Phi) is 3.03. The number of aldehydes is 1. The van der Waals surface area contributed by atoms with Gasteiger partial charge in [0, 0.05) is 10.4 Å². The summed E-state index contributed by atoms with van der Waals surface area (Å²) in [5, 5.41) is 0.463. The highest BCUT2D eigenvalue weighted by Crippen LogP contribution is 2.29. The maximum absolute atomic E-state index is 13.0. The number of aryl methyl sites for hydroxylation is 1. The summed E-state index contributed by atoms with van der Waals surface area (Å²) in [5.41, 5.74) is 1.39. The largest absolute Gasteiger partial charge is 0.295 e. The van der Waals surface area contributed by atoms with E-state index in [-0.39, 0.29) is 5.02 Å². The lowest BCUT2D eigenvalue weighted by Crippen LogP contribution is -1.84. The minimum Gasteiger partial charge on any atom is -0.295 e. The number of hydrogen-bond donors (Lipinski definition) is 0. The molecule has 0 aliphatic carbocycles. The summed E-state index contributed by atoms with van der Waals surface area (Å²) in [6.45, 7) is 1.86. The van der Waals surface area contributed by atoms with Crippen LogP contribution in [0.5, 0.6) is 0 Å². The molecule has 0 unspecified atom stereocenters. The van der Waals surface area contributed by atoms with Crippen LogP contribution >= 0.6 is 22.9 Å². The number of carbonyl (C=O) groups is 1. The average molecular weight is 256 g/mol. The Morgan fingerprint density at radius 1 is 1.50 bits per heavy atom. The van der Waals surface area contributed by atoms with Crippen LogP contribution in [0.15, 0.2) is 18.2 Å². The molecule has 0 spiro atoms. The fourth-order valence-electron chi connectivity index (χ4n) is 1.38. The normalized spacial score (nSPS) is 10.4. The first-order valence-corrected chi connectivity index (χ1v) is 5.69. The van der Waals surface area contributed by atoms with Crippen molar-refractivity contribution >= 4 is 29.2 Å². The number of nitrogens with zero attached hydrogens (tertiary/aromatic N) is 1. The second-order valence-corrected chi connectivity index (χ2v) is 4.85. The van der Waals surface area contributed by atoms with Crippen molar-refractivity contribution in [3.8, 4) is 11.3 Å². The van der Waals surface area contributed by atoms with Crippen LogP contribution in [0.1, 0.15) is 14.7 Å². The second kappa shape index (κ2) is 4.31. The molecule has 0 radical (unpaired) electrons. The van der Waals surface area contributed by atoms with Crippen LogP contribution in [-0.2, 0) is 0 Å². The van der Waals surface area contributed by atoms with Crippen LogP contribution in [0.25, 0.3) is 11.3 Å². The average Bonchev–Trinajstić information content (AvgIpc) is 2.64. The van der Waals surface area contributed by atoms with E-state index in [0.717, 1.165) is 4.88 Å². The first-order chi connectivity index (χ1) is 7.61. The number of carbonyl (C=O) groups excluding carboxylic acids is 1. The Balaban J connectivity index is 2.53. The van der Waals surface area contributed by atoms with E-state index in [1.165, 1.54) is 23.5 Å². The Morgan fingerprint density at radius 3 is 2.81 bits per heavy atom. The Hall–Kier alpha value is -1.26. The van der Waals surface area contributed by atoms with Crippen molar-refractivity contribution in [3.63, 3.8) is 0 Å². The monoisotopic (exact) mass is 255 g/mol. The molecule has 0 amide bonds. The van der Waals surface area contributed by atoms with Crippen molar-refractivity contribution in [2.24, 2.45) is 0 Å². The molecule has 0 N–H and O–H groups in total. The summed E-state index contributed by atoms with van der Waals surface area (Å²) >= 11 is 6.99. The molecule has 1 aromatic heterocycles. The molecule has 2 aromatic rings. The molecule has 0 saturated carbocycles. The molecule has 2 nitrogen and oxygen atoms in total. The van der Waals surface area contributed by atoms with Gasteiger partial charge < -0.3 is 0 Å². The summed E-state index contributed by atoms with van der Waals surface area (Å²) in [4.78, 5) is 15.6.